The summed E-state index contributed by atoms with van der Waals surface area (Å²) in [6.07, 6.45) is 7.46. The molecule has 0 radical (unpaired) electrons. The van der Waals surface area contributed by atoms with Gasteiger partial charge in [-0.3, -0.25) is 0 Å². The summed E-state index contributed by atoms with van der Waals surface area (Å²) in [5.41, 5.74) is 2.19. The van der Waals surface area contributed by atoms with Gasteiger partial charge in [-0.15, -0.1) is 0 Å². The first-order valence-electron chi connectivity index (χ1n) is 8.45. The highest BCUT2D eigenvalue weighted by molar-refractivity contribution is 5.84. The minimum Gasteiger partial charge on any atom is -0.479 e. The fourth-order valence-corrected chi connectivity index (χ4v) is 3.69. The number of benzene rings is 1. The lowest BCUT2D eigenvalue weighted by Crippen LogP contribution is -2.14. The van der Waals surface area contributed by atoms with Gasteiger partial charge in [0.25, 0.3) is 0 Å². The lowest BCUT2D eigenvalue weighted by molar-refractivity contribution is 0.355. The van der Waals surface area contributed by atoms with E-state index in [-0.39, 0.29) is 5.82 Å². The van der Waals surface area contributed by atoms with Crippen molar-refractivity contribution in [3.8, 4) is 17.3 Å². The summed E-state index contributed by atoms with van der Waals surface area (Å²) < 4.78 is 22.1. The van der Waals surface area contributed by atoms with E-state index in [2.05, 4.69) is 9.55 Å². The fraction of sp³-hybridized carbons (Fsp3) is 0.368. The van der Waals surface area contributed by atoms with E-state index in [1.807, 2.05) is 12.1 Å². The molecule has 4 nitrogen and oxygen atoms in total. The van der Waals surface area contributed by atoms with Gasteiger partial charge >= 0.3 is 0 Å². The molecule has 0 saturated heterocycles. The van der Waals surface area contributed by atoms with Crippen LogP contribution in [0.5, 0.6) is 5.88 Å². The molecule has 1 aliphatic carbocycles. The molecule has 24 heavy (non-hydrogen) atoms. The SMILES string of the molecule is COc1nccc2nc(-c3ccccc3F)n(C3CCCCC3)c12. The van der Waals surface area contributed by atoms with Crippen LogP contribution in [0.15, 0.2) is 36.5 Å². The number of methoxy groups -OCH3 is 1. The summed E-state index contributed by atoms with van der Waals surface area (Å²) in [5, 5.41) is 0. The molecule has 1 fully saturated rings. The number of hydrogen-bond acceptors (Lipinski definition) is 3. The molecule has 0 amide bonds. The molecular formula is C19H20FN3O. The second kappa shape index (κ2) is 6.23. The predicted octanol–water partition coefficient (Wildman–Crippen LogP) is 4.75. The zero-order valence-electron chi connectivity index (χ0n) is 13.7. The number of rotatable bonds is 3. The normalized spacial score (nSPS) is 15.8. The van der Waals surface area contributed by atoms with Gasteiger partial charge < -0.3 is 9.30 Å². The highest BCUT2D eigenvalue weighted by Crippen LogP contribution is 2.38. The minimum atomic E-state index is -0.253. The minimum absolute atomic E-state index is 0.253. The quantitative estimate of drug-likeness (QED) is 0.697. The van der Waals surface area contributed by atoms with Gasteiger partial charge in [-0.25, -0.2) is 14.4 Å². The monoisotopic (exact) mass is 325 g/mol. The fourth-order valence-electron chi connectivity index (χ4n) is 3.69. The second-order valence-electron chi connectivity index (χ2n) is 6.27. The number of fused-ring (bicyclic) bond motifs is 1. The molecule has 0 bridgehead atoms. The van der Waals surface area contributed by atoms with Crippen LogP contribution in [-0.4, -0.2) is 21.6 Å². The van der Waals surface area contributed by atoms with Crippen molar-refractivity contribution in [1.82, 2.24) is 14.5 Å². The molecule has 0 spiro atoms. The molecule has 4 rings (SSSR count). The Balaban J connectivity index is 2.00. The molecule has 0 atom stereocenters. The summed E-state index contributed by atoms with van der Waals surface area (Å²) >= 11 is 0. The molecule has 1 aromatic carbocycles. The van der Waals surface area contributed by atoms with Gasteiger partial charge in [-0.1, -0.05) is 31.4 Å². The maximum absolute atomic E-state index is 14.4. The average Bonchev–Trinajstić information content (AvgIpc) is 3.02. The third kappa shape index (κ3) is 2.44. The van der Waals surface area contributed by atoms with Gasteiger partial charge in [0.2, 0.25) is 5.88 Å². The van der Waals surface area contributed by atoms with E-state index in [1.165, 1.54) is 25.3 Å². The standard InChI is InChI=1S/C19H20FN3O/c1-24-19-17-16(11-12-21-19)22-18(14-9-5-6-10-15(14)20)23(17)13-7-3-2-4-8-13/h5-6,9-13H,2-4,7-8H2,1H3. The summed E-state index contributed by atoms with van der Waals surface area (Å²) in [5.74, 6) is 0.964. The average molecular weight is 325 g/mol. The van der Waals surface area contributed by atoms with E-state index >= 15 is 0 Å². The maximum Gasteiger partial charge on any atom is 0.239 e. The molecule has 5 heteroatoms. The van der Waals surface area contributed by atoms with Crippen molar-refractivity contribution < 1.29 is 9.13 Å². The molecule has 2 heterocycles. The number of nitrogens with zero attached hydrogens (tertiary/aromatic N) is 3. The Bertz CT molecular complexity index is 868. The number of pyridine rings is 1. The lowest BCUT2D eigenvalue weighted by atomic mass is 9.95. The summed E-state index contributed by atoms with van der Waals surface area (Å²) in [4.78, 5) is 9.06. The van der Waals surface area contributed by atoms with Gasteiger partial charge in [-0.2, -0.15) is 0 Å². The molecule has 3 aromatic rings. The van der Waals surface area contributed by atoms with Crippen molar-refractivity contribution in [2.24, 2.45) is 0 Å². The van der Waals surface area contributed by atoms with E-state index in [9.17, 15) is 4.39 Å². The summed E-state index contributed by atoms with van der Waals surface area (Å²) in [6, 6.07) is 8.98. The molecule has 0 unspecified atom stereocenters. The van der Waals surface area contributed by atoms with Crippen molar-refractivity contribution in [1.29, 1.82) is 0 Å². The van der Waals surface area contributed by atoms with Crippen LogP contribution in [0, 0.1) is 5.82 Å². The van der Waals surface area contributed by atoms with Crippen LogP contribution in [0.2, 0.25) is 0 Å². The Morgan fingerprint density at radius 1 is 1.12 bits per heavy atom. The summed E-state index contributed by atoms with van der Waals surface area (Å²) in [7, 11) is 1.61. The number of hydrogen-bond donors (Lipinski definition) is 0. The maximum atomic E-state index is 14.4. The van der Waals surface area contributed by atoms with Crippen molar-refractivity contribution in [2.45, 2.75) is 38.1 Å². The van der Waals surface area contributed by atoms with Crippen molar-refractivity contribution in [3.05, 3.63) is 42.3 Å². The van der Waals surface area contributed by atoms with E-state index in [0.717, 1.165) is 23.9 Å². The predicted molar refractivity (Wildman–Crippen MR) is 91.6 cm³/mol. The molecular weight excluding hydrogens is 305 g/mol. The molecule has 0 N–H and O–H groups in total. The van der Waals surface area contributed by atoms with Gasteiger partial charge in [0, 0.05) is 12.2 Å². The first kappa shape index (κ1) is 15.1. The van der Waals surface area contributed by atoms with Crippen molar-refractivity contribution >= 4 is 11.0 Å². The molecule has 0 aliphatic heterocycles. The Hall–Kier alpha value is -2.43. The topological polar surface area (TPSA) is 39.9 Å². The van der Waals surface area contributed by atoms with Crippen LogP contribution in [-0.2, 0) is 0 Å². The second-order valence-corrected chi connectivity index (χ2v) is 6.27. The van der Waals surface area contributed by atoms with Crippen LogP contribution in [0.3, 0.4) is 0 Å². The van der Waals surface area contributed by atoms with E-state index in [4.69, 9.17) is 9.72 Å². The van der Waals surface area contributed by atoms with Crippen LogP contribution in [0.25, 0.3) is 22.4 Å². The molecule has 124 valence electrons. The Kier molecular flexibility index (Phi) is 3.92. The van der Waals surface area contributed by atoms with Gasteiger partial charge in [0.15, 0.2) is 0 Å². The smallest absolute Gasteiger partial charge is 0.239 e. The Morgan fingerprint density at radius 2 is 1.92 bits per heavy atom. The number of imidazole rings is 1. The summed E-state index contributed by atoms with van der Waals surface area (Å²) in [6.45, 7) is 0. The molecule has 1 saturated carbocycles. The van der Waals surface area contributed by atoms with E-state index in [0.29, 0.717) is 23.3 Å². The van der Waals surface area contributed by atoms with E-state index < -0.39 is 0 Å². The third-order valence-electron chi connectivity index (χ3n) is 4.81. The largest absolute Gasteiger partial charge is 0.479 e. The zero-order chi connectivity index (χ0) is 16.5. The Morgan fingerprint density at radius 3 is 2.67 bits per heavy atom. The zero-order valence-corrected chi connectivity index (χ0v) is 13.7. The van der Waals surface area contributed by atoms with Crippen LogP contribution in [0.4, 0.5) is 4.39 Å². The van der Waals surface area contributed by atoms with Crippen molar-refractivity contribution in [3.63, 3.8) is 0 Å². The van der Waals surface area contributed by atoms with Gasteiger partial charge in [0.05, 0.1) is 18.2 Å². The highest BCUT2D eigenvalue weighted by Gasteiger charge is 2.25. The first-order chi connectivity index (χ1) is 11.8. The Labute approximate surface area is 140 Å². The molecule has 2 aromatic heterocycles. The van der Waals surface area contributed by atoms with E-state index in [1.54, 1.807) is 25.4 Å². The number of halogens is 1. The lowest BCUT2D eigenvalue weighted by Gasteiger charge is -2.26. The van der Waals surface area contributed by atoms with Gasteiger partial charge in [0.1, 0.15) is 17.2 Å². The molecule has 1 aliphatic rings. The van der Waals surface area contributed by atoms with Crippen LogP contribution in [0.1, 0.15) is 38.1 Å². The van der Waals surface area contributed by atoms with Gasteiger partial charge in [-0.05, 0) is 31.0 Å². The van der Waals surface area contributed by atoms with Crippen LogP contribution < -0.4 is 4.74 Å². The number of aromatic nitrogens is 3. The third-order valence-corrected chi connectivity index (χ3v) is 4.81. The highest BCUT2D eigenvalue weighted by atomic mass is 19.1. The van der Waals surface area contributed by atoms with Crippen LogP contribution >= 0.6 is 0 Å². The first-order valence-corrected chi connectivity index (χ1v) is 8.45. The van der Waals surface area contributed by atoms with Crippen molar-refractivity contribution in [2.75, 3.05) is 7.11 Å². The number of ether oxygens (including phenoxy) is 1.